The van der Waals surface area contributed by atoms with Crippen molar-refractivity contribution in [2.75, 3.05) is 26.9 Å². The molecule has 1 aliphatic heterocycles. The fraction of sp³-hybridized carbons (Fsp3) is 0.480. The maximum absolute atomic E-state index is 6.05. The number of hydrogen-bond acceptors (Lipinski definition) is 4. The highest BCUT2D eigenvalue weighted by molar-refractivity contribution is 14.0. The van der Waals surface area contributed by atoms with Gasteiger partial charge in [0.2, 0.25) is 0 Å². The highest BCUT2D eigenvalue weighted by atomic mass is 127. The van der Waals surface area contributed by atoms with Gasteiger partial charge >= 0.3 is 0 Å². The summed E-state index contributed by atoms with van der Waals surface area (Å²) in [7, 11) is 1.78. The molecule has 0 unspecified atom stereocenters. The second-order valence-electron chi connectivity index (χ2n) is 7.77. The van der Waals surface area contributed by atoms with Crippen molar-refractivity contribution in [2.45, 2.75) is 52.5 Å². The van der Waals surface area contributed by atoms with Crippen LogP contribution in [-0.4, -0.2) is 38.9 Å². The van der Waals surface area contributed by atoms with E-state index in [2.05, 4.69) is 65.0 Å². The molecule has 0 aliphatic carbocycles. The third-order valence-corrected chi connectivity index (χ3v) is 5.30. The molecule has 0 saturated carbocycles. The first kappa shape index (κ1) is 26.4. The van der Waals surface area contributed by atoms with Crippen LogP contribution >= 0.6 is 24.0 Å². The molecule has 32 heavy (non-hydrogen) atoms. The normalized spacial score (nSPS) is 14.5. The Balaban J connectivity index is 0.00000363. The number of rotatable bonds is 9. The van der Waals surface area contributed by atoms with Gasteiger partial charge in [0.25, 0.3) is 0 Å². The summed E-state index contributed by atoms with van der Waals surface area (Å²) in [5, 5.41) is 6.77. The molecule has 3 rings (SSSR count). The summed E-state index contributed by atoms with van der Waals surface area (Å²) in [6.45, 7) is 8.30. The molecule has 0 radical (unpaired) electrons. The Hall–Kier alpha value is -1.84. The predicted octanol–water partition coefficient (Wildman–Crippen LogP) is 4.57. The van der Waals surface area contributed by atoms with Crippen molar-refractivity contribution in [1.82, 2.24) is 10.6 Å². The maximum atomic E-state index is 6.05. The fourth-order valence-electron chi connectivity index (χ4n) is 3.57. The van der Waals surface area contributed by atoms with Gasteiger partial charge in [0.15, 0.2) is 5.96 Å². The van der Waals surface area contributed by atoms with E-state index in [1.165, 1.54) is 16.7 Å². The van der Waals surface area contributed by atoms with E-state index in [9.17, 15) is 0 Å². The van der Waals surface area contributed by atoms with Gasteiger partial charge in [-0.3, -0.25) is 4.99 Å². The van der Waals surface area contributed by atoms with Crippen LogP contribution in [-0.2, 0) is 29.2 Å². The topological polar surface area (TPSA) is 64.1 Å². The Labute approximate surface area is 209 Å². The van der Waals surface area contributed by atoms with Gasteiger partial charge in [-0.15, -0.1) is 24.0 Å². The number of aryl methyl sites for hydroxylation is 1. The number of benzene rings is 2. The van der Waals surface area contributed by atoms with Crippen LogP contribution in [0.4, 0.5) is 0 Å². The Bertz CT molecular complexity index is 854. The molecule has 1 saturated heterocycles. The molecular weight excluding hydrogens is 517 g/mol. The van der Waals surface area contributed by atoms with Gasteiger partial charge in [0.1, 0.15) is 5.75 Å². The van der Waals surface area contributed by atoms with Crippen LogP contribution in [0.1, 0.15) is 42.0 Å². The van der Waals surface area contributed by atoms with Crippen molar-refractivity contribution in [3.63, 3.8) is 0 Å². The smallest absolute Gasteiger partial charge is 0.191 e. The standard InChI is InChI=1S/C25H35N3O3.HI/c1-4-30-24-14-19(2)8-9-22(24)17-28-25(26-3)27-16-20-6-5-7-21(15-20)18-31-23-10-12-29-13-11-23;/h5-9,14-15,23H,4,10-13,16-18H2,1-3H3,(H2,26,27,28);1H. The van der Waals surface area contributed by atoms with E-state index in [4.69, 9.17) is 14.2 Å². The van der Waals surface area contributed by atoms with Crippen molar-refractivity contribution in [1.29, 1.82) is 0 Å². The molecule has 0 bridgehead atoms. The number of nitrogens with one attached hydrogen (secondary N) is 2. The molecule has 7 heteroatoms. The molecule has 1 fully saturated rings. The highest BCUT2D eigenvalue weighted by Gasteiger charge is 2.14. The molecule has 2 N–H and O–H groups in total. The summed E-state index contributed by atoms with van der Waals surface area (Å²) < 4.78 is 17.2. The van der Waals surface area contributed by atoms with Crippen molar-refractivity contribution in [3.8, 4) is 5.75 Å². The first-order chi connectivity index (χ1) is 15.2. The van der Waals surface area contributed by atoms with Gasteiger partial charge in [-0.25, -0.2) is 0 Å². The Morgan fingerprint density at radius 3 is 2.56 bits per heavy atom. The third-order valence-electron chi connectivity index (χ3n) is 5.30. The van der Waals surface area contributed by atoms with Gasteiger partial charge in [-0.2, -0.15) is 0 Å². The van der Waals surface area contributed by atoms with Crippen LogP contribution in [0.5, 0.6) is 5.75 Å². The summed E-state index contributed by atoms with van der Waals surface area (Å²) in [5.74, 6) is 1.68. The zero-order chi connectivity index (χ0) is 21.9. The largest absolute Gasteiger partial charge is 0.494 e. The monoisotopic (exact) mass is 553 g/mol. The van der Waals surface area contributed by atoms with Crippen LogP contribution in [0.2, 0.25) is 0 Å². The lowest BCUT2D eigenvalue weighted by Gasteiger charge is -2.22. The van der Waals surface area contributed by atoms with Gasteiger partial charge in [0.05, 0.1) is 19.3 Å². The van der Waals surface area contributed by atoms with Gasteiger partial charge < -0.3 is 24.8 Å². The van der Waals surface area contributed by atoms with Crippen molar-refractivity contribution in [3.05, 3.63) is 64.7 Å². The Morgan fingerprint density at radius 2 is 1.81 bits per heavy atom. The van der Waals surface area contributed by atoms with E-state index in [0.717, 1.165) is 43.3 Å². The summed E-state index contributed by atoms with van der Waals surface area (Å²) in [4.78, 5) is 4.35. The first-order valence-electron chi connectivity index (χ1n) is 11.1. The van der Waals surface area contributed by atoms with E-state index in [-0.39, 0.29) is 24.0 Å². The van der Waals surface area contributed by atoms with Gasteiger partial charge in [-0.05, 0) is 49.4 Å². The SMILES string of the molecule is CCOc1cc(C)ccc1CNC(=NC)NCc1cccc(COC2CCOCC2)c1.I. The summed E-state index contributed by atoms with van der Waals surface area (Å²) in [5.41, 5.74) is 4.69. The second kappa shape index (κ2) is 14.3. The van der Waals surface area contributed by atoms with Crippen LogP contribution in [0.15, 0.2) is 47.5 Å². The summed E-state index contributed by atoms with van der Waals surface area (Å²) in [6.07, 6.45) is 2.27. The van der Waals surface area contributed by atoms with Crippen molar-refractivity contribution >= 4 is 29.9 Å². The highest BCUT2D eigenvalue weighted by Crippen LogP contribution is 2.20. The zero-order valence-corrected chi connectivity index (χ0v) is 21.7. The van der Waals surface area contributed by atoms with Crippen LogP contribution < -0.4 is 15.4 Å². The minimum atomic E-state index is 0. The minimum Gasteiger partial charge on any atom is -0.494 e. The summed E-state index contributed by atoms with van der Waals surface area (Å²) in [6, 6.07) is 14.8. The molecular formula is C25H36IN3O3. The average Bonchev–Trinajstić information content (AvgIpc) is 2.80. The third kappa shape index (κ3) is 8.60. The first-order valence-corrected chi connectivity index (χ1v) is 11.1. The second-order valence-corrected chi connectivity index (χ2v) is 7.77. The fourth-order valence-corrected chi connectivity index (χ4v) is 3.57. The van der Waals surface area contributed by atoms with E-state index in [1.807, 2.05) is 6.92 Å². The number of aliphatic imine (C=N–C) groups is 1. The molecule has 2 aromatic rings. The van der Waals surface area contributed by atoms with E-state index in [0.29, 0.717) is 32.4 Å². The Morgan fingerprint density at radius 1 is 1.06 bits per heavy atom. The maximum Gasteiger partial charge on any atom is 0.191 e. The summed E-state index contributed by atoms with van der Waals surface area (Å²) >= 11 is 0. The van der Waals surface area contributed by atoms with Crippen molar-refractivity contribution in [2.24, 2.45) is 4.99 Å². The molecule has 0 amide bonds. The number of nitrogens with zero attached hydrogens (tertiary/aromatic N) is 1. The lowest BCUT2D eigenvalue weighted by Crippen LogP contribution is -2.36. The van der Waals surface area contributed by atoms with Crippen LogP contribution in [0.25, 0.3) is 0 Å². The van der Waals surface area contributed by atoms with Gasteiger partial charge in [0, 0.05) is 38.9 Å². The molecule has 176 valence electrons. The number of ether oxygens (including phenoxy) is 3. The quantitative estimate of drug-likeness (QED) is 0.271. The lowest BCUT2D eigenvalue weighted by atomic mass is 10.1. The number of guanidine groups is 1. The molecule has 2 aromatic carbocycles. The van der Waals surface area contributed by atoms with Gasteiger partial charge in [-0.1, -0.05) is 36.4 Å². The van der Waals surface area contributed by atoms with E-state index >= 15 is 0 Å². The van der Waals surface area contributed by atoms with E-state index in [1.54, 1.807) is 7.05 Å². The molecule has 0 aromatic heterocycles. The predicted molar refractivity (Wildman–Crippen MR) is 140 cm³/mol. The van der Waals surface area contributed by atoms with Crippen molar-refractivity contribution < 1.29 is 14.2 Å². The molecule has 1 heterocycles. The van der Waals surface area contributed by atoms with E-state index < -0.39 is 0 Å². The number of halogens is 1. The average molecular weight is 553 g/mol. The zero-order valence-electron chi connectivity index (χ0n) is 19.4. The van der Waals surface area contributed by atoms with Crippen LogP contribution in [0.3, 0.4) is 0 Å². The lowest BCUT2D eigenvalue weighted by molar-refractivity contribution is -0.0390. The molecule has 0 spiro atoms. The number of hydrogen-bond donors (Lipinski definition) is 2. The molecule has 1 aliphatic rings. The molecule has 0 atom stereocenters. The molecule has 6 nitrogen and oxygen atoms in total. The Kier molecular flexibility index (Phi) is 11.8. The minimum absolute atomic E-state index is 0. The van der Waals surface area contributed by atoms with Crippen LogP contribution in [0, 0.1) is 6.92 Å².